The number of nitrogens with zero attached hydrogens (tertiary/aromatic N) is 3. The first-order valence-corrected chi connectivity index (χ1v) is 9.55. The van der Waals surface area contributed by atoms with Crippen LogP contribution in [0.5, 0.6) is 0 Å². The zero-order valence-corrected chi connectivity index (χ0v) is 16.9. The smallest absolute Gasteiger partial charge is 0.270 e. The highest BCUT2D eigenvalue weighted by atomic mass is 16.3. The number of pyridine rings is 1. The second-order valence-corrected chi connectivity index (χ2v) is 6.90. The molecule has 3 heterocycles. The van der Waals surface area contributed by atoms with Crippen molar-refractivity contribution in [2.75, 3.05) is 0 Å². The van der Waals surface area contributed by atoms with Crippen LogP contribution in [0.15, 0.2) is 53.1 Å². The van der Waals surface area contributed by atoms with Crippen LogP contribution in [0.2, 0.25) is 0 Å². The van der Waals surface area contributed by atoms with Crippen LogP contribution >= 0.6 is 0 Å². The highest BCUT2D eigenvalue weighted by Crippen LogP contribution is 2.27. The van der Waals surface area contributed by atoms with Gasteiger partial charge in [0.25, 0.3) is 11.8 Å². The SMILES string of the molecule is CCc1ccc(C(=O)NNC(=O)c2cc(-c3ccco3)nc3c2c(C)nn3C)cc1. The van der Waals surface area contributed by atoms with E-state index in [0.717, 1.165) is 12.0 Å². The molecule has 0 saturated carbocycles. The first kappa shape index (κ1) is 19.4. The Balaban J connectivity index is 1.62. The van der Waals surface area contributed by atoms with Gasteiger partial charge in [0, 0.05) is 12.6 Å². The van der Waals surface area contributed by atoms with Crippen molar-refractivity contribution in [1.29, 1.82) is 0 Å². The van der Waals surface area contributed by atoms with E-state index in [1.54, 1.807) is 55.2 Å². The van der Waals surface area contributed by atoms with Gasteiger partial charge < -0.3 is 4.42 Å². The Bertz CT molecular complexity index is 1220. The molecular formula is C22H21N5O3. The van der Waals surface area contributed by atoms with Crippen LogP contribution in [0.3, 0.4) is 0 Å². The van der Waals surface area contributed by atoms with Crippen LogP contribution in [0, 0.1) is 6.92 Å². The minimum atomic E-state index is -0.468. The van der Waals surface area contributed by atoms with Gasteiger partial charge in [-0.25, -0.2) is 4.98 Å². The van der Waals surface area contributed by atoms with Crippen molar-refractivity contribution >= 4 is 22.8 Å². The van der Waals surface area contributed by atoms with E-state index in [1.165, 1.54) is 0 Å². The summed E-state index contributed by atoms with van der Waals surface area (Å²) in [6, 6.07) is 12.4. The fourth-order valence-electron chi connectivity index (χ4n) is 3.32. The van der Waals surface area contributed by atoms with Crippen molar-refractivity contribution in [2.45, 2.75) is 20.3 Å². The Morgan fingerprint density at radius 2 is 1.83 bits per heavy atom. The highest BCUT2D eigenvalue weighted by molar-refractivity contribution is 6.08. The lowest BCUT2D eigenvalue weighted by Gasteiger charge is -2.10. The lowest BCUT2D eigenvalue weighted by Crippen LogP contribution is -2.41. The summed E-state index contributed by atoms with van der Waals surface area (Å²) < 4.78 is 7.04. The summed E-state index contributed by atoms with van der Waals surface area (Å²) in [6.07, 6.45) is 2.43. The molecule has 8 heteroatoms. The molecule has 4 rings (SSSR count). The number of nitrogens with one attached hydrogen (secondary N) is 2. The van der Waals surface area contributed by atoms with Crippen molar-refractivity contribution < 1.29 is 14.0 Å². The molecule has 0 fully saturated rings. The standard InChI is InChI=1S/C22H21N5O3/c1-4-14-7-9-15(10-8-14)21(28)24-25-22(29)16-12-17(18-6-5-11-30-18)23-20-19(16)13(2)26-27(20)3/h5-12H,4H2,1-3H3,(H,24,28)(H,25,29). The van der Waals surface area contributed by atoms with E-state index >= 15 is 0 Å². The molecule has 152 valence electrons. The Morgan fingerprint density at radius 3 is 2.50 bits per heavy atom. The van der Waals surface area contributed by atoms with Gasteiger partial charge in [-0.3, -0.25) is 25.1 Å². The topological polar surface area (TPSA) is 102 Å². The Morgan fingerprint density at radius 1 is 1.10 bits per heavy atom. The van der Waals surface area contributed by atoms with Crippen LogP contribution < -0.4 is 10.9 Å². The maximum absolute atomic E-state index is 13.0. The van der Waals surface area contributed by atoms with Crippen molar-refractivity contribution in [3.8, 4) is 11.5 Å². The predicted octanol–water partition coefficient (Wildman–Crippen LogP) is 3.17. The molecule has 1 aromatic carbocycles. The molecule has 0 aliphatic rings. The molecule has 8 nitrogen and oxygen atoms in total. The number of fused-ring (bicyclic) bond motifs is 1. The molecule has 0 radical (unpaired) electrons. The average Bonchev–Trinajstić information content (AvgIpc) is 3.40. The van der Waals surface area contributed by atoms with Gasteiger partial charge in [0.2, 0.25) is 0 Å². The molecule has 2 amide bonds. The molecule has 0 aliphatic carbocycles. The predicted molar refractivity (Wildman–Crippen MR) is 112 cm³/mol. The number of carbonyl (C=O) groups excluding carboxylic acids is 2. The summed E-state index contributed by atoms with van der Waals surface area (Å²) >= 11 is 0. The minimum Gasteiger partial charge on any atom is -0.463 e. The highest BCUT2D eigenvalue weighted by Gasteiger charge is 2.20. The number of amides is 2. The maximum Gasteiger partial charge on any atom is 0.270 e. The summed E-state index contributed by atoms with van der Waals surface area (Å²) in [4.78, 5) is 29.9. The van der Waals surface area contributed by atoms with E-state index in [4.69, 9.17) is 4.42 Å². The largest absolute Gasteiger partial charge is 0.463 e. The Labute approximate surface area is 172 Å². The molecule has 0 saturated heterocycles. The van der Waals surface area contributed by atoms with Gasteiger partial charge in [-0.15, -0.1) is 0 Å². The van der Waals surface area contributed by atoms with Crippen molar-refractivity contribution in [3.05, 3.63) is 71.1 Å². The molecule has 0 aliphatic heterocycles. The van der Waals surface area contributed by atoms with Crippen molar-refractivity contribution in [2.24, 2.45) is 7.05 Å². The number of hydrogen-bond acceptors (Lipinski definition) is 5. The zero-order chi connectivity index (χ0) is 21.3. The van der Waals surface area contributed by atoms with E-state index in [0.29, 0.717) is 39.3 Å². The molecule has 4 aromatic rings. The summed E-state index contributed by atoms with van der Waals surface area (Å²) in [5.41, 5.74) is 8.62. The van der Waals surface area contributed by atoms with Crippen LogP contribution in [0.1, 0.15) is 38.9 Å². The number of aryl methyl sites for hydroxylation is 3. The van der Waals surface area contributed by atoms with E-state index in [2.05, 4.69) is 20.9 Å². The van der Waals surface area contributed by atoms with Gasteiger partial charge in [0.05, 0.1) is 22.9 Å². The van der Waals surface area contributed by atoms with E-state index in [1.807, 2.05) is 19.1 Å². The van der Waals surface area contributed by atoms with Gasteiger partial charge in [0.15, 0.2) is 11.4 Å². The number of aromatic nitrogens is 3. The van der Waals surface area contributed by atoms with Crippen molar-refractivity contribution in [3.63, 3.8) is 0 Å². The number of benzene rings is 1. The monoisotopic (exact) mass is 403 g/mol. The van der Waals surface area contributed by atoms with Crippen molar-refractivity contribution in [1.82, 2.24) is 25.6 Å². The van der Waals surface area contributed by atoms with Gasteiger partial charge in [-0.05, 0) is 49.2 Å². The Hall–Kier alpha value is -3.94. The number of furan rings is 1. The second-order valence-electron chi connectivity index (χ2n) is 6.90. The third kappa shape index (κ3) is 3.55. The summed E-state index contributed by atoms with van der Waals surface area (Å²) in [5.74, 6) is -0.333. The number of hydrogen-bond donors (Lipinski definition) is 2. The second kappa shape index (κ2) is 7.82. The van der Waals surface area contributed by atoms with E-state index in [-0.39, 0.29) is 0 Å². The van der Waals surface area contributed by atoms with Gasteiger partial charge in [-0.2, -0.15) is 5.10 Å². The van der Waals surface area contributed by atoms with Crippen LogP contribution in [-0.4, -0.2) is 26.6 Å². The number of carbonyl (C=O) groups is 2. The quantitative estimate of drug-likeness (QED) is 0.510. The molecule has 3 aromatic heterocycles. The lowest BCUT2D eigenvalue weighted by molar-refractivity contribution is 0.0847. The maximum atomic E-state index is 13.0. The molecule has 0 bridgehead atoms. The molecule has 0 unspecified atom stereocenters. The summed E-state index contributed by atoms with van der Waals surface area (Å²) in [7, 11) is 1.76. The third-order valence-corrected chi connectivity index (χ3v) is 4.90. The molecule has 0 spiro atoms. The van der Waals surface area contributed by atoms with Crippen LogP contribution in [0.4, 0.5) is 0 Å². The minimum absolute atomic E-state index is 0.346. The van der Waals surface area contributed by atoms with Gasteiger partial charge in [0.1, 0.15) is 5.69 Å². The van der Waals surface area contributed by atoms with Gasteiger partial charge in [-0.1, -0.05) is 19.1 Å². The Kier molecular flexibility index (Phi) is 5.05. The third-order valence-electron chi connectivity index (χ3n) is 4.90. The fraction of sp³-hybridized carbons (Fsp3) is 0.182. The first-order valence-electron chi connectivity index (χ1n) is 9.55. The van der Waals surface area contributed by atoms with Gasteiger partial charge >= 0.3 is 0 Å². The van der Waals surface area contributed by atoms with Crippen LogP contribution in [0.25, 0.3) is 22.5 Å². The fourth-order valence-corrected chi connectivity index (χ4v) is 3.32. The summed E-state index contributed by atoms with van der Waals surface area (Å²) in [5, 5.41) is 4.99. The first-order chi connectivity index (χ1) is 14.5. The van der Waals surface area contributed by atoms with E-state index in [9.17, 15) is 9.59 Å². The zero-order valence-electron chi connectivity index (χ0n) is 16.9. The molecule has 30 heavy (non-hydrogen) atoms. The lowest BCUT2D eigenvalue weighted by atomic mass is 10.1. The molecular weight excluding hydrogens is 382 g/mol. The summed E-state index contributed by atoms with van der Waals surface area (Å²) in [6.45, 7) is 3.85. The van der Waals surface area contributed by atoms with Crippen LogP contribution in [-0.2, 0) is 13.5 Å². The molecule has 0 atom stereocenters. The van der Waals surface area contributed by atoms with E-state index < -0.39 is 11.8 Å². The number of hydrazine groups is 1. The average molecular weight is 403 g/mol. The normalized spacial score (nSPS) is 10.9. The molecule has 2 N–H and O–H groups in total. The number of rotatable bonds is 4.